The summed E-state index contributed by atoms with van der Waals surface area (Å²) < 4.78 is 34.8. The average Bonchev–Trinajstić information content (AvgIpc) is 4.01. The van der Waals surface area contributed by atoms with Crippen LogP contribution in [0.4, 0.5) is 0 Å². The molecule has 8 rings (SSSR count). The first kappa shape index (κ1) is 32.9. The normalized spacial score (nSPS) is 38.4. The molecule has 4 aliphatic heterocycles. The largest absolute Gasteiger partial charge is 0.483 e. The van der Waals surface area contributed by atoms with Crippen molar-refractivity contribution in [3.8, 4) is 0 Å². The van der Waals surface area contributed by atoms with Gasteiger partial charge in [-0.25, -0.2) is 8.42 Å². The van der Waals surface area contributed by atoms with Gasteiger partial charge in [-0.15, -0.1) is 0 Å². The monoisotopic (exact) mass is 691 g/mol. The molecule has 4 heterocycles. The smallest absolute Gasteiger partial charge is 0.259 e. The van der Waals surface area contributed by atoms with Crippen molar-refractivity contribution in [2.75, 3.05) is 6.54 Å². The summed E-state index contributed by atoms with van der Waals surface area (Å²) in [5, 5.41) is 3.04. The third kappa shape index (κ3) is 5.70. The van der Waals surface area contributed by atoms with Gasteiger partial charge in [0, 0.05) is 24.2 Å². The van der Waals surface area contributed by atoms with Gasteiger partial charge in [-0.2, -0.15) is 0 Å². The van der Waals surface area contributed by atoms with Crippen molar-refractivity contribution in [1.29, 1.82) is 0 Å². The second-order valence-electron chi connectivity index (χ2n) is 16.1. The number of amides is 3. The van der Waals surface area contributed by atoms with Crippen molar-refractivity contribution in [3.05, 3.63) is 47.8 Å². The van der Waals surface area contributed by atoms with Gasteiger partial charge >= 0.3 is 0 Å². The second kappa shape index (κ2) is 11.9. The highest BCUT2D eigenvalue weighted by atomic mass is 32.2. The quantitative estimate of drug-likeness (QED) is 0.381. The molecule has 4 aliphatic carbocycles. The van der Waals surface area contributed by atoms with Gasteiger partial charge < -0.3 is 20.7 Å². The number of dihydropyridines is 1. The highest BCUT2D eigenvalue weighted by molar-refractivity contribution is 7.91. The number of ether oxygens (including phenoxy) is 1. The number of fused-ring (bicyclic) bond motifs is 4. The minimum atomic E-state index is -3.93. The molecule has 264 valence electrons. The zero-order valence-electron chi connectivity index (χ0n) is 28.4. The van der Waals surface area contributed by atoms with Gasteiger partial charge in [0.05, 0.1) is 29.1 Å². The molecule has 4 N–H and O–H groups in total. The maximum Gasteiger partial charge on any atom is 0.259 e. The number of rotatable bonds is 4. The van der Waals surface area contributed by atoms with E-state index in [4.69, 9.17) is 15.5 Å². The second-order valence-corrected chi connectivity index (χ2v) is 18.3. The van der Waals surface area contributed by atoms with Gasteiger partial charge in [0.1, 0.15) is 22.9 Å². The lowest BCUT2D eigenvalue weighted by molar-refractivity contribution is -0.144. The number of carbonyl (C=O) groups is 3. The van der Waals surface area contributed by atoms with Gasteiger partial charge in [0.25, 0.3) is 5.91 Å². The lowest BCUT2D eigenvalue weighted by Crippen LogP contribution is -2.70. The van der Waals surface area contributed by atoms with Crippen molar-refractivity contribution >= 4 is 33.5 Å². The lowest BCUT2D eigenvalue weighted by Gasteiger charge is -2.48. The van der Waals surface area contributed by atoms with Crippen molar-refractivity contribution in [3.63, 3.8) is 0 Å². The fourth-order valence-electron chi connectivity index (χ4n) is 8.76. The molecule has 12 heteroatoms. The molecule has 4 fully saturated rings. The van der Waals surface area contributed by atoms with Gasteiger partial charge in [-0.1, -0.05) is 49.3 Å². The highest BCUT2D eigenvalue weighted by Crippen LogP contribution is 2.50. The Kier molecular flexibility index (Phi) is 8.01. The van der Waals surface area contributed by atoms with Gasteiger partial charge in [-0.05, 0) is 83.1 Å². The molecule has 0 bridgehead atoms. The van der Waals surface area contributed by atoms with E-state index in [1.807, 2.05) is 12.2 Å². The van der Waals surface area contributed by atoms with Crippen LogP contribution in [0.15, 0.2) is 52.8 Å². The van der Waals surface area contributed by atoms with Crippen molar-refractivity contribution < 1.29 is 27.5 Å². The standard InChI is InChI=1S/C37H49N5O6S/c1-35(19-20-35)49(46,47)41-34(45)37-18-15-24(37)9-5-3-2-4-6-11-27(38)33(44)42-22-36(21-29(42)32(43)40-37)17-16-26-25-10-7-8-12-28(25)39-30(23-13-14-23)31(26)48-36/h5,7-10,12,23-25,27-29H,2-4,6,11,13-22,38H2,1H3,(H,40,43)(H,41,45). The molecule has 0 aromatic carbocycles. The number of hydrogen-bond donors (Lipinski definition) is 3. The fraction of sp³-hybridized carbons (Fsp3) is 0.676. The van der Waals surface area contributed by atoms with E-state index < -0.39 is 49.8 Å². The van der Waals surface area contributed by atoms with E-state index in [2.05, 4.69) is 34.3 Å². The summed E-state index contributed by atoms with van der Waals surface area (Å²) in [5.41, 5.74) is 6.54. The number of sulfonamides is 1. The zero-order chi connectivity index (χ0) is 34.2. The number of allylic oxidation sites excluding steroid dienone is 4. The number of nitrogens with zero attached hydrogens (tertiary/aromatic N) is 2. The number of nitrogens with two attached hydrogens (primary N) is 1. The van der Waals surface area contributed by atoms with Crippen LogP contribution in [0.25, 0.3) is 0 Å². The van der Waals surface area contributed by atoms with Gasteiger partial charge in [0.2, 0.25) is 21.8 Å². The van der Waals surface area contributed by atoms with Crippen LogP contribution in [-0.2, 0) is 29.1 Å². The zero-order valence-corrected chi connectivity index (χ0v) is 29.2. The van der Waals surface area contributed by atoms with E-state index in [-0.39, 0.29) is 36.8 Å². The Labute approximate surface area is 289 Å². The molecular formula is C37H49N5O6S. The SMILES string of the molecule is CC1(S(=O)(=O)NC(=O)C23CCC2C=CCCCCCC(N)C(=O)N2CC4(CCC5=C(O4)C(C4CC4)=NC4C=CC=CC54)CC2C(=O)N3)CC1. The third-order valence-electron chi connectivity index (χ3n) is 12.6. The summed E-state index contributed by atoms with van der Waals surface area (Å²) in [5.74, 6) is -0.492. The molecule has 7 unspecified atom stereocenters. The Morgan fingerprint density at radius 2 is 1.84 bits per heavy atom. The van der Waals surface area contributed by atoms with E-state index >= 15 is 0 Å². The summed E-state index contributed by atoms with van der Waals surface area (Å²) in [6.07, 6.45) is 22.1. The van der Waals surface area contributed by atoms with Crippen molar-refractivity contribution in [1.82, 2.24) is 14.9 Å². The van der Waals surface area contributed by atoms with Crippen LogP contribution < -0.4 is 15.8 Å². The minimum Gasteiger partial charge on any atom is -0.483 e. The Hall–Kier alpha value is -3.25. The van der Waals surface area contributed by atoms with Crippen LogP contribution in [0, 0.1) is 17.8 Å². The molecule has 3 amide bonds. The van der Waals surface area contributed by atoms with Crippen LogP contribution in [-0.4, -0.2) is 77.3 Å². The molecule has 0 aromatic rings. The Bertz CT molecular complexity index is 1710. The molecule has 7 atom stereocenters. The first-order valence-electron chi connectivity index (χ1n) is 18.4. The summed E-state index contributed by atoms with van der Waals surface area (Å²) in [6.45, 7) is 1.85. The topological polar surface area (TPSA) is 160 Å². The van der Waals surface area contributed by atoms with Crippen LogP contribution in [0.5, 0.6) is 0 Å². The first-order chi connectivity index (χ1) is 23.4. The van der Waals surface area contributed by atoms with Crippen LogP contribution in [0.1, 0.15) is 96.8 Å². The Balaban J connectivity index is 1.11. The van der Waals surface area contributed by atoms with E-state index in [0.29, 0.717) is 44.4 Å². The summed E-state index contributed by atoms with van der Waals surface area (Å²) in [6, 6.07) is -1.62. The van der Waals surface area contributed by atoms with Crippen molar-refractivity contribution in [2.24, 2.45) is 28.5 Å². The predicted octanol–water partition coefficient (Wildman–Crippen LogP) is 3.48. The minimum absolute atomic E-state index is 0.0696. The van der Waals surface area contributed by atoms with Crippen LogP contribution in [0.2, 0.25) is 0 Å². The van der Waals surface area contributed by atoms with E-state index in [0.717, 1.165) is 56.4 Å². The molecule has 0 aromatic heterocycles. The summed E-state index contributed by atoms with van der Waals surface area (Å²) in [4.78, 5) is 49.4. The maximum absolute atomic E-state index is 14.5. The number of carbonyl (C=O) groups excluding carboxylic acids is 3. The molecule has 1 spiro atoms. The van der Waals surface area contributed by atoms with Gasteiger partial charge in [-0.3, -0.25) is 24.1 Å². The molecule has 11 nitrogen and oxygen atoms in total. The van der Waals surface area contributed by atoms with Crippen LogP contribution >= 0.6 is 0 Å². The summed E-state index contributed by atoms with van der Waals surface area (Å²) in [7, 11) is -3.93. The predicted molar refractivity (Wildman–Crippen MR) is 184 cm³/mol. The maximum atomic E-state index is 14.5. The first-order valence-corrected chi connectivity index (χ1v) is 19.9. The van der Waals surface area contributed by atoms with Crippen molar-refractivity contribution in [2.45, 2.75) is 131 Å². The van der Waals surface area contributed by atoms with Crippen LogP contribution in [0.3, 0.4) is 0 Å². The molecule has 49 heavy (non-hydrogen) atoms. The average molecular weight is 692 g/mol. The number of nitrogens with one attached hydrogen (secondary N) is 2. The fourth-order valence-corrected chi connectivity index (χ4v) is 10.1. The summed E-state index contributed by atoms with van der Waals surface area (Å²) >= 11 is 0. The highest BCUT2D eigenvalue weighted by Gasteiger charge is 2.60. The molecule has 3 saturated carbocycles. The molecular weight excluding hydrogens is 643 g/mol. The molecule has 0 radical (unpaired) electrons. The Morgan fingerprint density at radius 1 is 1.04 bits per heavy atom. The van der Waals surface area contributed by atoms with E-state index in [1.54, 1.807) is 11.8 Å². The third-order valence-corrected chi connectivity index (χ3v) is 14.7. The van der Waals surface area contributed by atoms with Gasteiger partial charge in [0.15, 0.2) is 0 Å². The molecule has 1 saturated heterocycles. The van der Waals surface area contributed by atoms with E-state index in [9.17, 15) is 22.8 Å². The van der Waals surface area contributed by atoms with E-state index in [1.165, 1.54) is 5.57 Å². The number of hydrogen-bond acceptors (Lipinski definition) is 8. The number of aliphatic imine (C=N–C) groups is 1. The lowest BCUT2D eigenvalue weighted by atomic mass is 9.65. The molecule has 8 aliphatic rings. The Morgan fingerprint density at radius 3 is 2.57 bits per heavy atom.